The molecule has 1 aliphatic rings. The summed E-state index contributed by atoms with van der Waals surface area (Å²) in [6.45, 7) is 2.47. The summed E-state index contributed by atoms with van der Waals surface area (Å²) in [6.07, 6.45) is 3.16. The normalized spacial score (nSPS) is 18.1. The molecular formula is C13H15NO3. The number of phenolic OH excluding ortho intramolecular Hbond substituents is 1. The molecule has 0 aromatic heterocycles. The number of likely N-dealkylation sites (tertiary alicyclic amines) is 1. The molecule has 0 radical (unpaired) electrons. The Kier molecular flexibility index (Phi) is 2.90. The van der Waals surface area contributed by atoms with Gasteiger partial charge in [0.1, 0.15) is 5.75 Å². The minimum absolute atomic E-state index is 0.107. The Labute approximate surface area is 99.8 Å². The molecular weight excluding hydrogens is 218 g/mol. The lowest BCUT2D eigenvalue weighted by molar-refractivity contribution is -0.146. The molecule has 0 bridgehead atoms. The highest BCUT2D eigenvalue weighted by atomic mass is 16.3. The summed E-state index contributed by atoms with van der Waals surface area (Å²) in [5.41, 5.74) is 0.116. The van der Waals surface area contributed by atoms with Gasteiger partial charge in [-0.05, 0) is 30.7 Å². The van der Waals surface area contributed by atoms with Gasteiger partial charge in [-0.15, -0.1) is 0 Å². The number of carbonyl (C=O) groups excluding carboxylic acids is 1. The molecule has 1 amide bonds. The van der Waals surface area contributed by atoms with Crippen LogP contribution in [0.5, 0.6) is 5.75 Å². The molecule has 4 heteroatoms. The van der Waals surface area contributed by atoms with E-state index < -0.39 is 5.60 Å². The van der Waals surface area contributed by atoms with E-state index in [1.54, 1.807) is 42.2 Å². The maximum atomic E-state index is 11.6. The first-order chi connectivity index (χ1) is 7.96. The van der Waals surface area contributed by atoms with Gasteiger partial charge < -0.3 is 15.1 Å². The molecule has 0 aliphatic carbocycles. The van der Waals surface area contributed by atoms with Crippen LogP contribution in [0.3, 0.4) is 0 Å². The first kappa shape index (κ1) is 11.7. The Morgan fingerprint density at radius 3 is 2.47 bits per heavy atom. The molecule has 0 atom stereocenters. The van der Waals surface area contributed by atoms with Gasteiger partial charge in [0.25, 0.3) is 0 Å². The minimum atomic E-state index is -0.734. The molecule has 0 unspecified atom stereocenters. The number of nitrogens with zero attached hydrogens (tertiary/aromatic N) is 1. The highest BCUT2D eigenvalue weighted by Crippen LogP contribution is 2.20. The van der Waals surface area contributed by atoms with Gasteiger partial charge in [-0.2, -0.15) is 0 Å². The molecule has 2 rings (SSSR count). The van der Waals surface area contributed by atoms with Crippen molar-refractivity contribution in [3.05, 3.63) is 35.9 Å². The fourth-order valence-electron chi connectivity index (χ4n) is 1.79. The van der Waals surface area contributed by atoms with Crippen LogP contribution >= 0.6 is 0 Å². The van der Waals surface area contributed by atoms with Gasteiger partial charge in [-0.1, -0.05) is 12.1 Å². The third-order valence-corrected chi connectivity index (χ3v) is 2.69. The maximum Gasteiger partial charge on any atom is 0.246 e. The zero-order valence-electron chi connectivity index (χ0n) is 9.63. The number of carbonyl (C=O) groups is 1. The molecule has 1 fully saturated rings. The first-order valence-corrected chi connectivity index (χ1v) is 5.45. The van der Waals surface area contributed by atoms with E-state index in [4.69, 9.17) is 5.11 Å². The Morgan fingerprint density at radius 2 is 1.94 bits per heavy atom. The van der Waals surface area contributed by atoms with E-state index in [0.717, 1.165) is 5.56 Å². The van der Waals surface area contributed by atoms with Gasteiger partial charge in [0.2, 0.25) is 5.91 Å². The predicted molar refractivity (Wildman–Crippen MR) is 64.3 cm³/mol. The second kappa shape index (κ2) is 4.22. The number of amides is 1. The van der Waals surface area contributed by atoms with Crippen molar-refractivity contribution in [1.82, 2.24) is 4.90 Å². The van der Waals surface area contributed by atoms with Crippen molar-refractivity contribution in [2.75, 3.05) is 13.1 Å². The molecule has 90 valence electrons. The van der Waals surface area contributed by atoms with Crippen molar-refractivity contribution in [2.45, 2.75) is 12.5 Å². The van der Waals surface area contributed by atoms with E-state index in [0.29, 0.717) is 13.1 Å². The van der Waals surface area contributed by atoms with Gasteiger partial charge in [-0.25, -0.2) is 0 Å². The Bertz CT molecular complexity index is 440. The number of hydrogen-bond donors (Lipinski definition) is 2. The summed E-state index contributed by atoms with van der Waals surface area (Å²) in [6, 6.07) is 6.59. The predicted octanol–water partition coefficient (Wildman–Crippen LogP) is 0.999. The van der Waals surface area contributed by atoms with Crippen LogP contribution in [0.2, 0.25) is 0 Å². The van der Waals surface area contributed by atoms with E-state index in [-0.39, 0.29) is 11.7 Å². The van der Waals surface area contributed by atoms with E-state index in [9.17, 15) is 9.90 Å². The molecule has 1 heterocycles. The molecule has 1 saturated heterocycles. The highest BCUT2D eigenvalue weighted by Gasteiger charge is 2.38. The summed E-state index contributed by atoms with van der Waals surface area (Å²) >= 11 is 0. The monoisotopic (exact) mass is 233 g/mol. The summed E-state index contributed by atoms with van der Waals surface area (Å²) in [4.78, 5) is 13.2. The molecule has 1 aliphatic heterocycles. The minimum Gasteiger partial charge on any atom is -0.508 e. The zero-order chi connectivity index (χ0) is 12.5. The largest absolute Gasteiger partial charge is 0.508 e. The maximum absolute atomic E-state index is 11.6. The van der Waals surface area contributed by atoms with Crippen molar-refractivity contribution in [2.24, 2.45) is 0 Å². The van der Waals surface area contributed by atoms with Crippen LogP contribution in [0.1, 0.15) is 12.5 Å². The standard InChI is InChI=1S/C13H15NO3/c1-13(17)8-14(9-13)12(16)7-4-10-2-5-11(15)6-3-10/h2-7,15,17H,8-9H2,1H3. The Hall–Kier alpha value is -1.81. The fourth-order valence-corrected chi connectivity index (χ4v) is 1.79. The average Bonchev–Trinajstić information content (AvgIpc) is 2.24. The highest BCUT2D eigenvalue weighted by molar-refractivity contribution is 5.92. The third-order valence-electron chi connectivity index (χ3n) is 2.69. The van der Waals surface area contributed by atoms with Gasteiger partial charge in [0.05, 0.1) is 18.7 Å². The van der Waals surface area contributed by atoms with E-state index in [2.05, 4.69) is 0 Å². The fraction of sp³-hybridized carbons (Fsp3) is 0.308. The summed E-state index contributed by atoms with van der Waals surface area (Å²) in [5.74, 6) is 0.0943. The lowest BCUT2D eigenvalue weighted by Crippen LogP contribution is -2.61. The number of hydrogen-bond acceptors (Lipinski definition) is 3. The Morgan fingerprint density at radius 1 is 1.35 bits per heavy atom. The number of β-amino-alcohol motifs (C(OH)–C–C–N with tert-alkyl or cyclic N) is 1. The summed E-state index contributed by atoms with van der Waals surface area (Å²) in [7, 11) is 0. The lowest BCUT2D eigenvalue weighted by atomic mass is 9.97. The van der Waals surface area contributed by atoms with E-state index >= 15 is 0 Å². The molecule has 4 nitrogen and oxygen atoms in total. The van der Waals surface area contributed by atoms with Crippen LogP contribution in [0, 0.1) is 0 Å². The molecule has 0 saturated carbocycles. The second-order valence-corrected chi connectivity index (χ2v) is 4.62. The van der Waals surface area contributed by atoms with Gasteiger partial charge in [0.15, 0.2) is 0 Å². The van der Waals surface area contributed by atoms with Crippen LogP contribution in [-0.4, -0.2) is 39.7 Å². The SMILES string of the molecule is CC1(O)CN(C(=O)C=Cc2ccc(O)cc2)C1. The molecule has 1 aromatic carbocycles. The number of aromatic hydroxyl groups is 1. The number of aliphatic hydroxyl groups is 1. The van der Waals surface area contributed by atoms with Crippen LogP contribution in [-0.2, 0) is 4.79 Å². The van der Waals surface area contributed by atoms with E-state index in [1.807, 2.05) is 0 Å². The summed E-state index contributed by atoms with van der Waals surface area (Å²) < 4.78 is 0. The lowest BCUT2D eigenvalue weighted by Gasteiger charge is -2.43. The first-order valence-electron chi connectivity index (χ1n) is 5.45. The summed E-state index contributed by atoms with van der Waals surface area (Å²) in [5, 5.41) is 18.6. The molecule has 1 aromatic rings. The van der Waals surface area contributed by atoms with Crippen molar-refractivity contribution in [1.29, 1.82) is 0 Å². The van der Waals surface area contributed by atoms with Crippen molar-refractivity contribution < 1.29 is 15.0 Å². The quantitative estimate of drug-likeness (QED) is 0.749. The average molecular weight is 233 g/mol. The van der Waals surface area contributed by atoms with Crippen LogP contribution < -0.4 is 0 Å². The number of phenols is 1. The number of benzene rings is 1. The second-order valence-electron chi connectivity index (χ2n) is 4.62. The van der Waals surface area contributed by atoms with Gasteiger partial charge >= 0.3 is 0 Å². The third kappa shape index (κ3) is 2.85. The molecule has 0 spiro atoms. The Balaban J connectivity index is 1.93. The smallest absolute Gasteiger partial charge is 0.246 e. The zero-order valence-corrected chi connectivity index (χ0v) is 9.63. The van der Waals surface area contributed by atoms with Crippen molar-refractivity contribution in [3.63, 3.8) is 0 Å². The van der Waals surface area contributed by atoms with E-state index in [1.165, 1.54) is 6.08 Å². The molecule has 17 heavy (non-hydrogen) atoms. The van der Waals surface area contributed by atoms with Crippen LogP contribution in [0.25, 0.3) is 6.08 Å². The molecule has 2 N–H and O–H groups in total. The van der Waals surface area contributed by atoms with Gasteiger partial charge in [-0.3, -0.25) is 4.79 Å². The van der Waals surface area contributed by atoms with Crippen molar-refractivity contribution in [3.8, 4) is 5.75 Å². The topological polar surface area (TPSA) is 60.8 Å². The van der Waals surface area contributed by atoms with Gasteiger partial charge in [0, 0.05) is 6.08 Å². The van der Waals surface area contributed by atoms with Crippen LogP contribution in [0.4, 0.5) is 0 Å². The van der Waals surface area contributed by atoms with Crippen molar-refractivity contribution >= 4 is 12.0 Å². The van der Waals surface area contributed by atoms with Crippen LogP contribution in [0.15, 0.2) is 30.3 Å². The number of rotatable bonds is 2.